The third-order valence-corrected chi connectivity index (χ3v) is 5.73. The first-order chi connectivity index (χ1) is 15.6. The number of anilines is 1. The highest BCUT2D eigenvalue weighted by Crippen LogP contribution is 2.20. The van der Waals surface area contributed by atoms with E-state index in [0.717, 1.165) is 69.4 Å². The number of hydrogen-bond acceptors (Lipinski definition) is 5. The number of nitrogens with zero attached hydrogens (tertiary/aromatic N) is 2. The van der Waals surface area contributed by atoms with Crippen LogP contribution in [-0.4, -0.2) is 34.6 Å². The number of aryl methyl sites for hydroxylation is 2. The van der Waals surface area contributed by atoms with E-state index < -0.39 is 17.9 Å². The summed E-state index contributed by atoms with van der Waals surface area (Å²) in [5, 5.41) is 24.3. The fourth-order valence-corrected chi connectivity index (χ4v) is 3.92. The number of aliphatic carboxylic acids is 1. The Morgan fingerprint density at radius 1 is 1.16 bits per heavy atom. The highest BCUT2D eigenvalue weighted by molar-refractivity contribution is 5.96. The van der Waals surface area contributed by atoms with E-state index in [0.29, 0.717) is 17.5 Å². The van der Waals surface area contributed by atoms with Crippen LogP contribution >= 0.6 is 0 Å². The van der Waals surface area contributed by atoms with Crippen LogP contribution in [0.4, 0.5) is 5.82 Å². The minimum atomic E-state index is -1.04. The van der Waals surface area contributed by atoms with Crippen molar-refractivity contribution < 1.29 is 14.7 Å². The second-order valence-corrected chi connectivity index (χ2v) is 8.20. The third-order valence-electron chi connectivity index (χ3n) is 5.73. The van der Waals surface area contributed by atoms with Gasteiger partial charge in [0.25, 0.3) is 5.91 Å². The normalized spacial score (nSPS) is 13.3. The molecule has 7 heteroatoms. The molecule has 1 aliphatic rings. The van der Waals surface area contributed by atoms with Crippen molar-refractivity contribution in [2.75, 3.05) is 11.9 Å². The molecule has 1 aromatic carbocycles. The summed E-state index contributed by atoms with van der Waals surface area (Å²) in [7, 11) is 0. The number of hydrogen-bond donors (Lipinski definition) is 3. The summed E-state index contributed by atoms with van der Waals surface area (Å²) in [6.07, 6.45) is 8.39. The first-order valence-electron chi connectivity index (χ1n) is 11.3. The molecule has 0 radical (unpaired) electrons. The Morgan fingerprint density at radius 2 is 1.97 bits per heavy atom. The van der Waals surface area contributed by atoms with E-state index in [2.05, 4.69) is 22.8 Å². The molecule has 1 atom stereocenters. The van der Waals surface area contributed by atoms with Crippen LogP contribution in [0, 0.1) is 11.3 Å². The predicted molar refractivity (Wildman–Crippen MR) is 123 cm³/mol. The van der Waals surface area contributed by atoms with Crippen molar-refractivity contribution in [3.8, 4) is 6.07 Å². The minimum absolute atomic E-state index is 0.293. The van der Waals surface area contributed by atoms with Crippen LogP contribution in [0.3, 0.4) is 0 Å². The molecular formula is C25H30N4O3. The fraction of sp³-hybridized carbons (Fsp3) is 0.440. The molecule has 168 valence electrons. The van der Waals surface area contributed by atoms with E-state index in [9.17, 15) is 14.7 Å². The Balaban J connectivity index is 1.34. The highest BCUT2D eigenvalue weighted by Gasteiger charge is 2.20. The van der Waals surface area contributed by atoms with E-state index >= 15 is 0 Å². The Hall–Kier alpha value is -3.40. The van der Waals surface area contributed by atoms with Gasteiger partial charge in [0.2, 0.25) is 0 Å². The first-order valence-corrected chi connectivity index (χ1v) is 11.3. The number of nitrogens with one attached hydrogen (secondary N) is 2. The predicted octanol–water partition coefficient (Wildman–Crippen LogP) is 4.08. The number of benzene rings is 1. The zero-order chi connectivity index (χ0) is 22.8. The largest absolute Gasteiger partial charge is 0.480 e. The molecule has 3 rings (SSSR count). The molecule has 0 saturated heterocycles. The summed E-state index contributed by atoms with van der Waals surface area (Å²) in [4.78, 5) is 28.6. The Morgan fingerprint density at radius 3 is 2.78 bits per heavy atom. The van der Waals surface area contributed by atoms with Crippen molar-refractivity contribution in [1.29, 1.82) is 5.26 Å². The van der Waals surface area contributed by atoms with E-state index in [1.54, 1.807) is 18.2 Å². The summed E-state index contributed by atoms with van der Waals surface area (Å²) >= 11 is 0. The van der Waals surface area contributed by atoms with Crippen molar-refractivity contribution in [1.82, 2.24) is 10.3 Å². The molecule has 1 amide bonds. The van der Waals surface area contributed by atoms with E-state index in [1.807, 2.05) is 6.07 Å². The monoisotopic (exact) mass is 434 g/mol. The van der Waals surface area contributed by atoms with Crippen LogP contribution in [0.5, 0.6) is 0 Å². The maximum absolute atomic E-state index is 12.3. The SMILES string of the molecule is N#Cc1cccc(C(=O)NC(CCCCCCCc2ccc3c(n2)NCCC3)C(=O)O)c1. The molecule has 1 unspecified atom stereocenters. The van der Waals surface area contributed by atoms with Crippen LogP contribution < -0.4 is 10.6 Å². The van der Waals surface area contributed by atoms with Gasteiger partial charge in [-0.15, -0.1) is 0 Å². The number of rotatable bonds is 11. The van der Waals surface area contributed by atoms with Crippen molar-refractivity contribution >= 4 is 17.7 Å². The summed E-state index contributed by atoms with van der Waals surface area (Å²) < 4.78 is 0. The summed E-state index contributed by atoms with van der Waals surface area (Å²) in [5.41, 5.74) is 3.08. The fourth-order valence-electron chi connectivity index (χ4n) is 3.92. The molecule has 0 aliphatic carbocycles. The van der Waals surface area contributed by atoms with Crippen molar-refractivity contribution in [2.24, 2.45) is 0 Å². The average molecular weight is 435 g/mol. The van der Waals surface area contributed by atoms with Crippen molar-refractivity contribution in [2.45, 2.75) is 63.8 Å². The van der Waals surface area contributed by atoms with Gasteiger partial charge in [-0.2, -0.15) is 5.26 Å². The Bertz CT molecular complexity index is 983. The van der Waals surface area contributed by atoms with Gasteiger partial charge in [-0.3, -0.25) is 4.79 Å². The van der Waals surface area contributed by atoms with Gasteiger partial charge in [-0.05, 0) is 61.9 Å². The Labute approximate surface area is 188 Å². The summed E-state index contributed by atoms with van der Waals surface area (Å²) in [6, 6.07) is 11.6. The van der Waals surface area contributed by atoms with Gasteiger partial charge in [-0.1, -0.05) is 37.8 Å². The molecule has 32 heavy (non-hydrogen) atoms. The molecule has 2 aromatic rings. The summed E-state index contributed by atoms with van der Waals surface area (Å²) in [6.45, 7) is 0.994. The lowest BCUT2D eigenvalue weighted by molar-refractivity contribution is -0.139. The van der Waals surface area contributed by atoms with Gasteiger partial charge in [-0.25, -0.2) is 9.78 Å². The zero-order valence-corrected chi connectivity index (χ0v) is 18.3. The number of aromatic nitrogens is 1. The van der Waals surface area contributed by atoms with Crippen molar-refractivity contribution in [3.63, 3.8) is 0 Å². The van der Waals surface area contributed by atoms with Gasteiger partial charge in [0.05, 0.1) is 11.6 Å². The number of carboxylic acid groups (broad SMARTS) is 1. The topological polar surface area (TPSA) is 115 Å². The maximum Gasteiger partial charge on any atom is 0.326 e. The molecule has 0 spiro atoms. The molecular weight excluding hydrogens is 404 g/mol. The summed E-state index contributed by atoms with van der Waals surface area (Å²) in [5.74, 6) is -0.474. The van der Waals surface area contributed by atoms with Crippen LogP contribution in [0.1, 0.15) is 72.1 Å². The molecule has 7 nitrogen and oxygen atoms in total. The molecule has 0 fully saturated rings. The highest BCUT2D eigenvalue weighted by atomic mass is 16.4. The van der Waals surface area contributed by atoms with Crippen LogP contribution in [0.15, 0.2) is 36.4 Å². The van der Waals surface area contributed by atoms with Gasteiger partial charge < -0.3 is 15.7 Å². The quantitative estimate of drug-likeness (QED) is 0.459. The first kappa shape index (κ1) is 23.3. The lowest BCUT2D eigenvalue weighted by atomic mass is 10.0. The number of amides is 1. The van der Waals surface area contributed by atoms with Gasteiger partial charge in [0.1, 0.15) is 11.9 Å². The van der Waals surface area contributed by atoms with Gasteiger partial charge in [0, 0.05) is 17.8 Å². The third kappa shape index (κ3) is 6.81. The molecule has 2 heterocycles. The number of pyridine rings is 1. The smallest absolute Gasteiger partial charge is 0.326 e. The molecule has 1 aliphatic heterocycles. The molecule has 0 bridgehead atoms. The number of carboxylic acids is 1. The molecule has 0 saturated carbocycles. The van der Waals surface area contributed by atoms with E-state index in [-0.39, 0.29) is 0 Å². The number of fused-ring (bicyclic) bond motifs is 1. The number of nitriles is 1. The van der Waals surface area contributed by atoms with Crippen LogP contribution in [0.2, 0.25) is 0 Å². The van der Waals surface area contributed by atoms with Crippen LogP contribution in [0.25, 0.3) is 0 Å². The van der Waals surface area contributed by atoms with Crippen LogP contribution in [-0.2, 0) is 17.6 Å². The maximum atomic E-state index is 12.3. The van der Waals surface area contributed by atoms with Gasteiger partial charge >= 0.3 is 5.97 Å². The second kappa shape index (κ2) is 11.8. The zero-order valence-electron chi connectivity index (χ0n) is 18.3. The second-order valence-electron chi connectivity index (χ2n) is 8.20. The lowest BCUT2D eigenvalue weighted by Crippen LogP contribution is -2.40. The Kier molecular flexibility index (Phi) is 8.61. The number of unbranched alkanes of at least 4 members (excludes halogenated alkanes) is 4. The number of carbonyl (C=O) groups is 2. The molecule has 1 aromatic heterocycles. The molecule has 3 N–H and O–H groups in total. The van der Waals surface area contributed by atoms with E-state index in [4.69, 9.17) is 10.2 Å². The lowest BCUT2D eigenvalue weighted by Gasteiger charge is -2.17. The average Bonchev–Trinajstić information content (AvgIpc) is 2.82. The van der Waals surface area contributed by atoms with Gasteiger partial charge in [0.15, 0.2) is 0 Å². The minimum Gasteiger partial charge on any atom is -0.480 e. The standard InChI is InChI=1S/C25H30N4O3/c26-17-18-8-6-9-20(16-18)24(30)29-22(25(31)32)12-5-3-1-2-4-11-21-14-13-19-10-7-15-27-23(19)28-21/h6,8-9,13-14,16,22H,1-5,7,10-12,15H2,(H,27,28)(H,29,30)(H,31,32). The number of carbonyl (C=O) groups excluding carboxylic acids is 1. The van der Waals surface area contributed by atoms with E-state index in [1.165, 1.54) is 11.6 Å². The van der Waals surface area contributed by atoms with Crippen molar-refractivity contribution in [3.05, 3.63) is 58.8 Å².